The molecule has 0 amide bonds. The summed E-state index contributed by atoms with van der Waals surface area (Å²) >= 11 is 0. The third-order valence-corrected chi connectivity index (χ3v) is 5.15. The van der Waals surface area contributed by atoms with Gasteiger partial charge in [0, 0.05) is 37.6 Å². The molecule has 3 N–H and O–H groups in total. The highest BCUT2D eigenvalue weighted by Gasteiger charge is 2.25. The molecule has 1 aliphatic heterocycles. The van der Waals surface area contributed by atoms with E-state index in [0.717, 1.165) is 35.5 Å². The first-order valence-corrected chi connectivity index (χ1v) is 9.67. The zero-order chi connectivity index (χ0) is 19.2. The zero-order valence-electron chi connectivity index (χ0n) is 16.1. The van der Waals surface area contributed by atoms with Crippen LogP contribution in [0.2, 0.25) is 0 Å². The molecule has 3 aromatic rings. The molecule has 0 saturated carbocycles. The van der Waals surface area contributed by atoms with Crippen LogP contribution >= 0.6 is 0 Å². The summed E-state index contributed by atoms with van der Waals surface area (Å²) in [4.78, 5) is 4.11. The van der Waals surface area contributed by atoms with Crippen molar-refractivity contribution in [1.29, 1.82) is 0 Å². The summed E-state index contributed by atoms with van der Waals surface area (Å²) in [5.41, 5.74) is 4.73. The summed E-state index contributed by atoms with van der Waals surface area (Å²) in [5.74, 6) is 0.894. The monoisotopic (exact) mass is 374 g/mol. The zero-order valence-corrected chi connectivity index (χ0v) is 16.1. The van der Waals surface area contributed by atoms with E-state index < -0.39 is 0 Å². The fourth-order valence-corrected chi connectivity index (χ4v) is 3.71. The summed E-state index contributed by atoms with van der Waals surface area (Å²) < 4.78 is 5.60. The van der Waals surface area contributed by atoms with Gasteiger partial charge in [-0.2, -0.15) is 0 Å². The van der Waals surface area contributed by atoms with Crippen LogP contribution in [-0.2, 0) is 6.54 Å². The SMILES string of the molecule is COc1ccc(-c2ccncc2)cc1CN[C@H]1NCCN[C@H]1c1ccccc1. The molecule has 1 fully saturated rings. The summed E-state index contributed by atoms with van der Waals surface area (Å²) in [5, 5.41) is 10.9. The molecule has 0 spiro atoms. The van der Waals surface area contributed by atoms with Gasteiger partial charge >= 0.3 is 0 Å². The van der Waals surface area contributed by atoms with Crippen LogP contribution in [0, 0.1) is 0 Å². The molecule has 28 heavy (non-hydrogen) atoms. The molecule has 2 heterocycles. The van der Waals surface area contributed by atoms with Crippen LogP contribution in [0.15, 0.2) is 73.1 Å². The summed E-state index contributed by atoms with van der Waals surface area (Å²) in [6, 6.07) is 21.2. The van der Waals surface area contributed by atoms with Crippen LogP contribution in [-0.4, -0.2) is 31.3 Å². The van der Waals surface area contributed by atoms with E-state index in [4.69, 9.17) is 4.74 Å². The lowest BCUT2D eigenvalue weighted by Crippen LogP contribution is -2.57. The molecule has 1 aliphatic rings. The van der Waals surface area contributed by atoms with Gasteiger partial charge in [-0.05, 0) is 41.0 Å². The topological polar surface area (TPSA) is 58.2 Å². The minimum atomic E-state index is 0.144. The number of nitrogens with zero attached hydrogens (tertiary/aromatic N) is 1. The third kappa shape index (κ3) is 4.22. The van der Waals surface area contributed by atoms with E-state index in [-0.39, 0.29) is 12.2 Å². The van der Waals surface area contributed by atoms with Crippen LogP contribution in [0.5, 0.6) is 5.75 Å². The van der Waals surface area contributed by atoms with Crippen LogP contribution in [0.4, 0.5) is 0 Å². The van der Waals surface area contributed by atoms with E-state index in [1.54, 1.807) is 7.11 Å². The highest BCUT2D eigenvalue weighted by Crippen LogP contribution is 2.27. The molecule has 0 radical (unpaired) electrons. The fraction of sp³-hybridized carbons (Fsp3) is 0.261. The lowest BCUT2D eigenvalue weighted by Gasteiger charge is -2.35. The average Bonchev–Trinajstić information content (AvgIpc) is 2.79. The van der Waals surface area contributed by atoms with Crippen LogP contribution in [0.1, 0.15) is 17.2 Å². The predicted octanol–water partition coefficient (Wildman–Crippen LogP) is 3.11. The molecule has 2 aromatic carbocycles. The number of nitrogens with one attached hydrogen (secondary N) is 3. The molecule has 5 heteroatoms. The number of hydrogen-bond donors (Lipinski definition) is 3. The number of aromatic nitrogens is 1. The van der Waals surface area contributed by atoms with Crippen molar-refractivity contribution < 1.29 is 4.74 Å². The van der Waals surface area contributed by atoms with Crippen LogP contribution < -0.4 is 20.7 Å². The molecular formula is C23H26N4O. The minimum absolute atomic E-state index is 0.144. The standard InChI is InChI=1S/C23H26N4O/c1-28-21-8-7-19(17-9-11-24-12-10-17)15-20(21)16-27-23-22(25-13-14-26-23)18-5-3-2-4-6-18/h2-12,15,22-23,25-27H,13-14,16H2,1H3/t22-,23+/m0/s1. The van der Waals surface area contributed by atoms with Gasteiger partial charge in [-0.1, -0.05) is 36.4 Å². The first-order valence-electron chi connectivity index (χ1n) is 9.67. The Morgan fingerprint density at radius 1 is 0.964 bits per heavy atom. The Morgan fingerprint density at radius 2 is 1.75 bits per heavy atom. The first kappa shape index (κ1) is 18.6. The Balaban J connectivity index is 1.53. The third-order valence-electron chi connectivity index (χ3n) is 5.15. The predicted molar refractivity (Wildman–Crippen MR) is 112 cm³/mol. The highest BCUT2D eigenvalue weighted by molar-refractivity contribution is 5.65. The highest BCUT2D eigenvalue weighted by atomic mass is 16.5. The quantitative estimate of drug-likeness (QED) is 0.619. The van der Waals surface area contributed by atoms with Crippen molar-refractivity contribution >= 4 is 0 Å². The van der Waals surface area contributed by atoms with Crippen molar-refractivity contribution in [3.8, 4) is 16.9 Å². The second-order valence-electron chi connectivity index (χ2n) is 6.92. The van der Waals surface area contributed by atoms with Gasteiger partial charge in [0.05, 0.1) is 19.3 Å². The Hall–Kier alpha value is -2.73. The number of hydrogen-bond acceptors (Lipinski definition) is 5. The average molecular weight is 374 g/mol. The second-order valence-corrected chi connectivity index (χ2v) is 6.92. The van der Waals surface area contributed by atoms with Crippen LogP contribution in [0.3, 0.4) is 0 Å². The van der Waals surface area contributed by atoms with Gasteiger partial charge in [-0.15, -0.1) is 0 Å². The summed E-state index contributed by atoms with van der Waals surface area (Å²) in [6.07, 6.45) is 3.78. The van der Waals surface area contributed by atoms with Gasteiger partial charge < -0.3 is 10.1 Å². The number of pyridine rings is 1. The minimum Gasteiger partial charge on any atom is -0.496 e. The molecular weight excluding hydrogens is 348 g/mol. The van der Waals surface area contributed by atoms with E-state index in [0.29, 0.717) is 6.54 Å². The van der Waals surface area contributed by atoms with Crippen molar-refractivity contribution in [2.45, 2.75) is 18.8 Å². The van der Waals surface area contributed by atoms with E-state index in [1.807, 2.05) is 30.6 Å². The normalized spacial score (nSPS) is 19.3. The maximum Gasteiger partial charge on any atom is 0.123 e. The number of methoxy groups -OCH3 is 1. The number of benzene rings is 2. The molecule has 0 unspecified atom stereocenters. The molecule has 1 saturated heterocycles. The maximum absolute atomic E-state index is 5.60. The summed E-state index contributed by atoms with van der Waals surface area (Å²) in [6.45, 7) is 2.61. The lowest BCUT2D eigenvalue weighted by atomic mass is 10.0. The van der Waals surface area contributed by atoms with Crippen LogP contribution in [0.25, 0.3) is 11.1 Å². The van der Waals surface area contributed by atoms with E-state index in [1.165, 1.54) is 5.56 Å². The molecule has 1 aromatic heterocycles. The van der Waals surface area contributed by atoms with Crippen molar-refractivity contribution in [3.63, 3.8) is 0 Å². The smallest absolute Gasteiger partial charge is 0.123 e. The van der Waals surface area contributed by atoms with Gasteiger partial charge in [0.1, 0.15) is 5.75 Å². The molecule has 0 bridgehead atoms. The van der Waals surface area contributed by atoms with Gasteiger partial charge in [-0.25, -0.2) is 0 Å². The van der Waals surface area contributed by atoms with E-state index in [2.05, 4.69) is 63.4 Å². The van der Waals surface area contributed by atoms with Crippen molar-refractivity contribution in [3.05, 3.63) is 84.2 Å². The fourth-order valence-electron chi connectivity index (χ4n) is 3.71. The van der Waals surface area contributed by atoms with Crippen molar-refractivity contribution in [1.82, 2.24) is 20.9 Å². The first-order chi connectivity index (χ1) is 13.8. The van der Waals surface area contributed by atoms with Crippen molar-refractivity contribution in [2.24, 2.45) is 0 Å². The van der Waals surface area contributed by atoms with Gasteiger partial charge in [0.15, 0.2) is 0 Å². The van der Waals surface area contributed by atoms with Gasteiger partial charge in [-0.3, -0.25) is 15.6 Å². The Bertz CT molecular complexity index is 886. The lowest BCUT2D eigenvalue weighted by molar-refractivity contribution is 0.278. The molecule has 2 atom stereocenters. The van der Waals surface area contributed by atoms with E-state index >= 15 is 0 Å². The molecule has 0 aliphatic carbocycles. The number of ether oxygens (including phenoxy) is 1. The molecule has 144 valence electrons. The molecule has 4 rings (SSSR count). The Labute approximate surface area is 166 Å². The van der Waals surface area contributed by atoms with E-state index in [9.17, 15) is 0 Å². The second kappa shape index (κ2) is 8.97. The largest absolute Gasteiger partial charge is 0.496 e. The molecule has 5 nitrogen and oxygen atoms in total. The Kier molecular flexibility index (Phi) is 5.97. The summed E-state index contributed by atoms with van der Waals surface area (Å²) in [7, 11) is 1.72. The Morgan fingerprint density at radius 3 is 2.54 bits per heavy atom. The maximum atomic E-state index is 5.60. The van der Waals surface area contributed by atoms with Gasteiger partial charge in [0.25, 0.3) is 0 Å². The van der Waals surface area contributed by atoms with Gasteiger partial charge in [0.2, 0.25) is 0 Å². The number of piperazine rings is 1. The number of rotatable bonds is 6. The van der Waals surface area contributed by atoms with Crippen molar-refractivity contribution in [2.75, 3.05) is 20.2 Å².